The van der Waals surface area contributed by atoms with Gasteiger partial charge in [-0.15, -0.1) is 0 Å². The second kappa shape index (κ2) is 11.3. The van der Waals surface area contributed by atoms with Crippen LogP contribution in [-0.4, -0.2) is 0 Å². The van der Waals surface area contributed by atoms with E-state index in [0.717, 1.165) is 34.1 Å². The highest BCUT2D eigenvalue weighted by atomic mass is 16.5. The molecule has 0 bridgehead atoms. The van der Waals surface area contributed by atoms with Gasteiger partial charge in [0.15, 0.2) is 0 Å². The third kappa shape index (κ3) is 5.99. The van der Waals surface area contributed by atoms with Crippen molar-refractivity contribution in [2.24, 2.45) is 0 Å². The van der Waals surface area contributed by atoms with Gasteiger partial charge in [0.25, 0.3) is 0 Å². The second-order valence-electron chi connectivity index (χ2n) is 12.1. The van der Waals surface area contributed by atoms with Crippen LogP contribution in [0.15, 0.2) is 109 Å². The average Bonchev–Trinajstić information content (AvgIpc) is 2.97. The monoisotopic (exact) mass is 556 g/mol. The summed E-state index contributed by atoms with van der Waals surface area (Å²) in [7, 11) is 0. The molecular formula is C38H40N2O2. The van der Waals surface area contributed by atoms with Gasteiger partial charge >= 0.3 is 0 Å². The largest absolute Gasteiger partial charge is 0.457 e. The summed E-state index contributed by atoms with van der Waals surface area (Å²) in [4.78, 5) is 0. The fourth-order valence-corrected chi connectivity index (χ4v) is 5.22. The minimum atomic E-state index is -0.204. The molecule has 42 heavy (non-hydrogen) atoms. The second-order valence-corrected chi connectivity index (χ2v) is 12.1. The van der Waals surface area contributed by atoms with Crippen LogP contribution in [0.5, 0.6) is 23.0 Å². The first-order chi connectivity index (χ1) is 19.9. The molecule has 0 amide bonds. The zero-order chi connectivity index (χ0) is 30.1. The Balaban J connectivity index is 1.35. The van der Waals surface area contributed by atoms with Gasteiger partial charge in [-0.05, 0) is 83.6 Å². The SMILES string of the molecule is Cc1ccc(N)cc1Oc1ccc(C(C)(C)c2cccc(C(C)(C)c3ccc(Oc4cc(N)ccc4C)cc3)c2)cc1. The summed E-state index contributed by atoms with van der Waals surface area (Å²) in [5.41, 5.74) is 19.9. The maximum absolute atomic E-state index is 6.13. The number of benzene rings is 5. The van der Waals surface area contributed by atoms with E-state index in [4.69, 9.17) is 20.9 Å². The van der Waals surface area contributed by atoms with Gasteiger partial charge in [-0.25, -0.2) is 0 Å². The predicted octanol–water partition coefficient (Wildman–Crippen LogP) is 9.70. The van der Waals surface area contributed by atoms with Crippen LogP contribution in [0.4, 0.5) is 11.4 Å². The lowest BCUT2D eigenvalue weighted by Gasteiger charge is -2.31. The summed E-state index contributed by atoms with van der Waals surface area (Å²) in [5, 5.41) is 0. The average molecular weight is 557 g/mol. The lowest BCUT2D eigenvalue weighted by atomic mass is 9.73. The van der Waals surface area contributed by atoms with Gasteiger partial charge in [0.05, 0.1) is 0 Å². The Kier molecular flexibility index (Phi) is 7.74. The molecule has 0 aliphatic rings. The van der Waals surface area contributed by atoms with E-state index in [9.17, 15) is 0 Å². The molecule has 0 radical (unpaired) electrons. The molecule has 0 heterocycles. The predicted molar refractivity (Wildman–Crippen MR) is 175 cm³/mol. The number of nitrogens with two attached hydrogens (primary N) is 2. The third-order valence-electron chi connectivity index (χ3n) is 8.34. The molecule has 0 saturated carbocycles. The van der Waals surface area contributed by atoms with Gasteiger partial charge in [-0.2, -0.15) is 0 Å². The van der Waals surface area contributed by atoms with Crippen molar-refractivity contribution >= 4 is 11.4 Å². The van der Waals surface area contributed by atoms with E-state index in [2.05, 4.69) is 76.2 Å². The maximum atomic E-state index is 6.13. The number of nitrogen functional groups attached to an aromatic ring is 2. The molecule has 0 fully saturated rings. The molecule has 0 atom stereocenters. The minimum absolute atomic E-state index is 0.204. The van der Waals surface area contributed by atoms with Gasteiger partial charge < -0.3 is 20.9 Å². The van der Waals surface area contributed by atoms with Gasteiger partial charge in [-0.1, -0.05) is 88.4 Å². The smallest absolute Gasteiger partial charge is 0.132 e. The van der Waals surface area contributed by atoms with Crippen LogP contribution in [-0.2, 0) is 10.8 Å². The zero-order valence-electron chi connectivity index (χ0n) is 25.4. The van der Waals surface area contributed by atoms with Gasteiger partial charge in [0.2, 0.25) is 0 Å². The van der Waals surface area contributed by atoms with Crippen molar-refractivity contribution < 1.29 is 9.47 Å². The Bertz CT molecular complexity index is 1580. The molecule has 5 aromatic rings. The molecule has 5 rings (SSSR count). The van der Waals surface area contributed by atoms with E-state index in [1.165, 1.54) is 22.3 Å². The van der Waals surface area contributed by atoms with Crippen molar-refractivity contribution in [2.75, 3.05) is 11.5 Å². The quantitative estimate of drug-likeness (QED) is 0.187. The van der Waals surface area contributed by atoms with Crippen molar-refractivity contribution in [3.63, 3.8) is 0 Å². The number of hydrogen-bond acceptors (Lipinski definition) is 4. The Morgan fingerprint density at radius 2 is 0.833 bits per heavy atom. The lowest BCUT2D eigenvalue weighted by molar-refractivity contribution is 0.478. The molecule has 214 valence electrons. The molecule has 4 heteroatoms. The zero-order valence-corrected chi connectivity index (χ0v) is 25.4. The maximum Gasteiger partial charge on any atom is 0.132 e. The van der Waals surface area contributed by atoms with E-state index in [-0.39, 0.29) is 10.8 Å². The number of rotatable bonds is 8. The number of hydrogen-bond donors (Lipinski definition) is 2. The molecule has 4 N–H and O–H groups in total. The molecule has 5 aromatic carbocycles. The fraction of sp³-hybridized carbons (Fsp3) is 0.211. The van der Waals surface area contributed by atoms with Crippen LogP contribution in [0.3, 0.4) is 0 Å². The molecular weight excluding hydrogens is 516 g/mol. The Morgan fingerprint density at radius 3 is 1.21 bits per heavy atom. The molecule has 0 unspecified atom stereocenters. The first-order valence-electron chi connectivity index (χ1n) is 14.3. The highest BCUT2D eigenvalue weighted by Gasteiger charge is 2.28. The molecule has 4 nitrogen and oxygen atoms in total. The van der Waals surface area contributed by atoms with Crippen LogP contribution < -0.4 is 20.9 Å². The van der Waals surface area contributed by atoms with E-state index < -0.39 is 0 Å². The van der Waals surface area contributed by atoms with Crippen LogP contribution in [0.1, 0.15) is 61.1 Å². The van der Waals surface area contributed by atoms with Crippen LogP contribution in [0.2, 0.25) is 0 Å². The van der Waals surface area contributed by atoms with E-state index >= 15 is 0 Å². The van der Waals surface area contributed by atoms with Crippen LogP contribution in [0, 0.1) is 13.8 Å². The molecule has 0 aromatic heterocycles. The summed E-state index contributed by atoms with van der Waals surface area (Å²) in [6, 6.07) is 37.1. The minimum Gasteiger partial charge on any atom is -0.457 e. The highest BCUT2D eigenvalue weighted by Crippen LogP contribution is 2.38. The van der Waals surface area contributed by atoms with Gasteiger partial charge in [0, 0.05) is 34.3 Å². The number of aryl methyl sites for hydroxylation is 2. The highest BCUT2D eigenvalue weighted by molar-refractivity contribution is 5.52. The topological polar surface area (TPSA) is 70.5 Å². The summed E-state index contributed by atoms with van der Waals surface area (Å²) in [6.07, 6.45) is 0. The Morgan fingerprint density at radius 1 is 0.452 bits per heavy atom. The summed E-state index contributed by atoms with van der Waals surface area (Å²) in [5.74, 6) is 3.13. The fourth-order valence-electron chi connectivity index (χ4n) is 5.22. The van der Waals surface area contributed by atoms with E-state index in [0.29, 0.717) is 11.4 Å². The van der Waals surface area contributed by atoms with Crippen molar-refractivity contribution in [2.45, 2.75) is 52.4 Å². The normalized spacial score (nSPS) is 11.8. The summed E-state index contributed by atoms with van der Waals surface area (Å²) in [6.45, 7) is 13.1. The first-order valence-corrected chi connectivity index (χ1v) is 14.3. The Labute approximate surface area is 249 Å². The van der Waals surface area contributed by atoms with Crippen molar-refractivity contribution in [1.29, 1.82) is 0 Å². The molecule has 0 saturated heterocycles. The number of ether oxygens (including phenoxy) is 2. The van der Waals surface area contributed by atoms with E-state index in [1.807, 2.05) is 74.5 Å². The summed E-state index contributed by atoms with van der Waals surface area (Å²) >= 11 is 0. The van der Waals surface area contributed by atoms with Crippen molar-refractivity contribution in [3.8, 4) is 23.0 Å². The third-order valence-corrected chi connectivity index (χ3v) is 8.34. The standard InChI is InChI=1S/C38H40N2O2/c1-25-10-16-31(39)23-35(25)41-33-18-12-27(13-19-33)37(3,4)29-8-7-9-30(22-29)38(5,6)28-14-20-34(21-15-28)42-36-24-32(40)17-11-26(36)2/h7-24H,39-40H2,1-6H3. The first kappa shape index (κ1) is 28.8. The molecule has 0 aliphatic carbocycles. The van der Waals surface area contributed by atoms with Gasteiger partial charge in [0.1, 0.15) is 23.0 Å². The van der Waals surface area contributed by atoms with Crippen molar-refractivity contribution in [1.82, 2.24) is 0 Å². The number of anilines is 2. The Hall–Kier alpha value is -4.70. The van der Waals surface area contributed by atoms with E-state index in [1.54, 1.807) is 0 Å². The van der Waals surface area contributed by atoms with Gasteiger partial charge in [-0.3, -0.25) is 0 Å². The molecule has 0 spiro atoms. The van der Waals surface area contributed by atoms with Crippen LogP contribution in [0.25, 0.3) is 0 Å². The van der Waals surface area contributed by atoms with Crippen LogP contribution >= 0.6 is 0 Å². The summed E-state index contributed by atoms with van der Waals surface area (Å²) < 4.78 is 12.3. The van der Waals surface area contributed by atoms with Crippen molar-refractivity contribution in [3.05, 3.63) is 143 Å². The lowest BCUT2D eigenvalue weighted by Crippen LogP contribution is -2.22. The molecule has 0 aliphatic heterocycles.